The van der Waals surface area contributed by atoms with E-state index in [4.69, 9.17) is 5.73 Å². The molecule has 0 unspecified atom stereocenters. The van der Waals surface area contributed by atoms with Gasteiger partial charge in [0.15, 0.2) is 0 Å². The van der Waals surface area contributed by atoms with Gasteiger partial charge in [-0.05, 0) is 24.1 Å². The largest absolute Gasteiger partial charge is 0.469 e. The second-order valence-corrected chi connectivity index (χ2v) is 3.24. The predicted octanol–water partition coefficient (Wildman–Crippen LogP) is 2.15. The Bertz CT molecular complexity index is 383. The van der Waals surface area contributed by atoms with Gasteiger partial charge in [0.2, 0.25) is 0 Å². The van der Waals surface area contributed by atoms with Crippen LogP contribution in [-0.2, 0) is 9.53 Å². The number of rotatable bonds is 3. The molecule has 1 aromatic carbocycles. The van der Waals surface area contributed by atoms with Gasteiger partial charge in [-0.25, -0.2) is 0 Å². The van der Waals surface area contributed by atoms with Crippen LogP contribution in [0.15, 0.2) is 24.3 Å². The summed E-state index contributed by atoms with van der Waals surface area (Å²) < 4.78 is 4.53. The Morgan fingerprint density at radius 3 is 2.93 bits per heavy atom. The van der Waals surface area contributed by atoms with Gasteiger partial charge in [0.25, 0.3) is 0 Å². The first-order chi connectivity index (χ1) is 7.15. The van der Waals surface area contributed by atoms with Crippen LogP contribution in [0.1, 0.15) is 17.5 Å². The molecule has 0 aliphatic carbocycles. The minimum atomic E-state index is -0.243. The Morgan fingerprint density at radius 2 is 2.27 bits per heavy atom. The molecule has 0 fully saturated rings. The normalized spacial score (nSPS) is 10.5. The van der Waals surface area contributed by atoms with E-state index in [1.165, 1.54) is 7.11 Å². The van der Waals surface area contributed by atoms with E-state index in [1.54, 1.807) is 6.08 Å². The highest BCUT2D eigenvalue weighted by Gasteiger charge is 1.98. The monoisotopic (exact) mass is 205 g/mol. The highest BCUT2D eigenvalue weighted by atomic mass is 16.5. The lowest BCUT2D eigenvalue weighted by Gasteiger charge is -2.03. The first-order valence-corrected chi connectivity index (χ1v) is 4.73. The van der Waals surface area contributed by atoms with Crippen molar-refractivity contribution >= 4 is 17.7 Å². The molecule has 0 bridgehead atoms. The summed E-state index contributed by atoms with van der Waals surface area (Å²) in [5, 5.41) is 0. The summed E-state index contributed by atoms with van der Waals surface area (Å²) in [7, 11) is 1.38. The molecule has 0 saturated carbocycles. The number of methoxy groups -OCH3 is 1. The highest BCUT2D eigenvalue weighted by molar-refractivity contribution is 5.73. The number of benzene rings is 1. The third-order valence-electron chi connectivity index (χ3n) is 2.23. The standard InChI is InChI=1S/C12H15NO2/c1-9-10(5-3-7-11(9)13)6-4-8-12(14)15-2/h3-7H,8,13H2,1-2H3. The third-order valence-corrected chi connectivity index (χ3v) is 2.23. The lowest BCUT2D eigenvalue weighted by Crippen LogP contribution is -1.97. The van der Waals surface area contributed by atoms with Gasteiger partial charge < -0.3 is 10.5 Å². The summed E-state index contributed by atoms with van der Waals surface area (Å²) >= 11 is 0. The quantitative estimate of drug-likeness (QED) is 0.607. The molecule has 1 rings (SSSR count). The average Bonchev–Trinajstić information content (AvgIpc) is 2.24. The maximum atomic E-state index is 10.9. The highest BCUT2D eigenvalue weighted by Crippen LogP contribution is 2.16. The van der Waals surface area contributed by atoms with E-state index >= 15 is 0 Å². The number of nitrogens with two attached hydrogens (primary N) is 1. The van der Waals surface area contributed by atoms with Crippen LogP contribution in [0, 0.1) is 6.92 Å². The van der Waals surface area contributed by atoms with Crippen molar-refractivity contribution in [3.05, 3.63) is 35.4 Å². The second kappa shape index (κ2) is 5.20. The number of carbonyl (C=O) groups excluding carboxylic acids is 1. The van der Waals surface area contributed by atoms with Crippen LogP contribution in [0.5, 0.6) is 0 Å². The lowest BCUT2D eigenvalue weighted by molar-refractivity contribution is -0.139. The van der Waals surface area contributed by atoms with Crippen molar-refractivity contribution in [1.29, 1.82) is 0 Å². The Labute approximate surface area is 89.5 Å². The van der Waals surface area contributed by atoms with Crippen molar-refractivity contribution in [1.82, 2.24) is 0 Å². The fourth-order valence-corrected chi connectivity index (χ4v) is 1.22. The zero-order valence-corrected chi connectivity index (χ0v) is 8.99. The minimum Gasteiger partial charge on any atom is -0.469 e. The summed E-state index contributed by atoms with van der Waals surface area (Å²) in [4.78, 5) is 10.9. The van der Waals surface area contributed by atoms with Crippen molar-refractivity contribution in [2.24, 2.45) is 0 Å². The van der Waals surface area contributed by atoms with Crippen molar-refractivity contribution in [2.45, 2.75) is 13.3 Å². The number of ether oxygens (including phenoxy) is 1. The zero-order chi connectivity index (χ0) is 11.3. The van der Waals surface area contributed by atoms with Crippen LogP contribution in [0.4, 0.5) is 5.69 Å². The summed E-state index contributed by atoms with van der Waals surface area (Å²) in [5.74, 6) is -0.243. The maximum Gasteiger partial charge on any atom is 0.309 e. The van der Waals surface area contributed by atoms with E-state index in [9.17, 15) is 4.79 Å². The fraction of sp³-hybridized carbons (Fsp3) is 0.250. The van der Waals surface area contributed by atoms with Crippen LogP contribution in [0.2, 0.25) is 0 Å². The third kappa shape index (κ3) is 3.13. The molecule has 2 N–H and O–H groups in total. The van der Waals surface area contributed by atoms with Crippen molar-refractivity contribution in [2.75, 3.05) is 12.8 Å². The van der Waals surface area contributed by atoms with Crippen LogP contribution < -0.4 is 5.73 Å². The molecule has 0 aromatic heterocycles. The van der Waals surface area contributed by atoms with Gasteiger partial charge in [-0.15, -0.1) is 0 Å². The molecule has 0 saturated heterocycles. The number of hydrogen-bond donors (Lipinski definition) is 1. The molecule has 0 atom stereocenters. The number of carbonyl (C=O) groups is 1. The van der Waals surface area contributed by atoms with Gasteiger partial charge in [-0.3, -0.25) is 4.79 Å². The summed E-state index contributed by atoms with van der Waals surface area (Å²) in [5.41, 5.74) is 8.57. The molecule has 3 heteroatoms. The van der Waals surface area contributed by atoms with Gasteiger partial charge >= 0.3 is 5.97 Å². The van der Waals surface area contributed by atoms with Gasteiger partial charge in [-0.1, -0.05) is 24.3 Å². The molecular formula is C12H15NO2. The molecule has 0 spiro atoms. The lowest BCUT2D eigenvalue weighted by atomic mass is 10.1. The molecule has 0 heterocycles. The van der Waals surface area contributed by atoms with E-state index in [0.29, 0.717) is 0 Å². The molecule has 0 radical (unpaired) electrons. The molecule has 15 heavy (non-hydrogen) atoms. The minimum absolute atomic E-state index is 0.243. The molecule has 1 aromatic rings. The molecule has 3 nitrogen and oxygen atoms in total. The smallest absolute Gasteiger partial charge is 0.309 e. The number of esters is 1. The van der Waals surface area contributed by atoms with E-state index in [0.717, 1.165) is 16.8 Å². The van der Waals surface area contributed by atoms with Crippen LogP contribution in [-0.4, -0.2) is 13.1 Å². The molecule has 0 aliphatic rings. The van der Waals surface area contributed by atoms with Crippen molar-refractivity contribution < 1.29 is 9.53 Å². The first-order valence-electron chi connectivity index (χ1n) is 4.73. The maximum absolute atomic E-state index is 10.9. The Kier molecular flexibility index (Phi) is 3.92. The first kappa shape index (κ1) is 11.3. The second-order valence-electron chi connectivity index (χ2n) is 3.24. The Hall–Kier alpha value is -1.77. The van der Waals surface area contributed by atoms with Crippen molar-refractivity contribution in [3.63, 3.8) is 0 Å². The number of anilines is 1. The van der Waals surface area contributed by atoms with Crippen LogP contribution in [0.3, 0.4) is 0 Å². The van der Waals surface area contributed by atoms with Crippen LogP contribution >= 0.6 is 0 Å². The topological polar surface area (TPSA) is 52.3 Å². The number of nitrogen functional groups attached to an aromatic ring is 1. The Balaban J connectivity index is 2.72. The summed E-state index contributed by atoms with van der Waals surface area (Å²) in [6, 6.07) is 5.70. The van der Waals surface area contributed by atoms with Gasteiger partial charge in [-0.2, -0.15) is 0 Å². The van der Waals surface area contributed by atoms with Gasteiger partial charge in [0.1, 0.15) is 0 Å². The van der Waals surface area contributed by atoms with Crippen LogP contribution in [0.25, 0.3) is 6.08 Å². The van der Waals surface area contributed by atoms with Gasteiger partial charge in [0, 0.05) is 5.69 Å². The van der Waals surface area contributed by atoms with E-state index in [-0.39, 0.29) is 12.4 Å². The molecule has 0 amide bonds. The average molecular weight is 205 g/mol. The molecule has 0 aliphatic heterocycles. The Morgan fingerprint density at radius 1 is 1.53 bits per heavy atom. The van der Waals surface area contributed by atoms with E-state index in [1.807, 2.05) is 31.2 Å². The van der Waals surface area contributed by atoms with E-state index < -0.39 is 0 Å². The summed E-state index contributed by atoms with van der Waals surface area (Å²) in [6.45, 7) is 1.95. The molecular weight excluding hydrogens is 190 g/mol. The predicted molar refractivity (Wildman–Crippen MR) is 61.3 cm³/mol. The summed E-state index contributed by atoms with van der Waals surface area (Å²) in [6.07, 6.45) is 3.93. The number of hydrogen-bond acceptors (Lipinski definition) is 3. The SMILES string of the molecule is COC(=O)CC=Cc1cccc(N)c1C. The zero-order valence-electron chi connectivity index (χ0n) is 8.99. The van der Waals surface area contributed by atoms with Crippen molar-refractivity contribution in [3.8, 4) is 0 Å². The van der Waals surface area contributed by atoms with Gasteiger partial charge in [0.05, 0.1) is 13.5 Å². The molecule has 80 valence electrons. The fourth-order valence-electron chi connectivity index (χ4n) is 1.22. The van der Waals surface area contributed by atoms with E-state index in [2.05, 4.69) is 4.74 Å².